The van der Waals surface area contributed by atoms with Gasteiger partial charge in [-0.1, -0.05) is 146 Å². The highest BCUT2D eigenvalue weighted by molar-refractivity contribution is 6.21. The van der Waals surface area contributed by atoms with E-state index in [0.717, 1.165) is 0 Å². The predicted molar refractivity (Wildman–Crippen MR) is 172 cm³/mol. The number of benzene rings is 8. The average Bonchev–Trinajstić information content (AvgIpc) is 3.02. The molecule has 0 radical (unpaired) electrons. The summed E-state index contributed by atoms with van der Waals surface area (Å²) in [5.41, 5.74) is 10.3. The minimum absolute atomic E-state index is 1.28. The van der Waals surface area contributed by atoms with Crippen LogP contribution in [0.5, 0.6) is 0 Å². The van der Waals surface area contributed by atoms with Crippen LogP contribution in [0, 0.1) is 0 Å². The average molecular weight is 505 g/mol. The summed E-state index contributed by atoms with van der Waals surface area (Å²) in [7, 11) is 0. The van der Waals surface area contributed by atoms with Crippen LogP contribution >= 0.6 is 0 Å². The lowest BCUT2D eigenvalue weighted by Gasteiger charge is -2.26. The zero-order chi connectivity index (χ0) is 26.2. The molecule has 9 rings (SSSR count). The lowest BCUT2D eigenvalue weighted by Crippen LogP contribution is -1.99. The van der Waals surface area contributed by atoms with Crippen LogP contribution in [-0.2, 0) is 0 Å². The van der Waals surface area contributed by atoms with Crippen molar-refractivity contribution in [1.29, 1.82) is 0 Å². The van der Waals surface area contributed by atoms with Gasteiger partial charge in [-0.15, -0.1) is 0 Å². The lowest BCUT2D eigenvalue weighted by atomic mass is 9.77. The third-order valence-electron chi connectivity index (χ3n) is 8.83. The second-order valence-corrected chi connectivity index (χ2v) is 10.8. The molecule has 0 aromatic heterocycles. The molecule has 0 N–H and O–H groups in total. The van der Waals surface area contributed by atoms with Gasteiger partial charge in [0.15, 0.2) is 0 Å². The van der Waals surface area contributed by atoms with Crippen LogP contribution in [-0.4, -0.2) is 0 Å². The molecule has 0 saturated heterocycles. The molecule has 1 aliphatic carbocycles. The zero-order valence-electron chi connectivity index (χ0n) is 21.9. The molecule has 40 heavy (non-hydrogen) atoms. The molecule has 0 spiro atoms. The summed E-state index contributed by atoms with van der Waals surface area (Å²) >= 11 is 0. The first-order chi connectivity index (χ1) is 19.9. The predicted octanol–water partition coefficient (Wildman–Crippen LogP) is 11.3. The molecule has 184 valence electrons. The Hall–Kier alpha value is -5.20. The molecular weight excluding hydrogens is 480 g/mol. The summed E-state index contributed by atoms with van der Waals surface area (Å²) in [5, 5.41) is 10.4. The fourth-order valence-electron chi connectivity index (χ4n) is 7.08. The van der Waals surface area contributed by atoms with Gasteiger partial charge in [-0.2, -0.15) is 0 Å². The topological polar surface area (TPSA) is 0 Å². The van der Waals surface area contributed by atoms with Crippen LogP contribution < -0.4 is 0 Å². The minimum Gasteiger partial charge on any atom is -0.0616 e. The van der Waals surface area contributed by atoms with Crippen molar-refractivity contribution in [2.75, 3.05) is 0 Å². The number of fused-ring (bicyclic) bond motifs is 16. The molecule has 0 fully saturated rings. The Morgan fingerprint density at radius 1 is 0.200 bits per heavy atom. The highest BCUT2D eigenvalue weighted by atomic mass is 14.3. The second kappa shape index (κ2) is 8.15. The molecule has 0 aliphatic heterocycles. The van der Waals surface area contributed by atoms with Crippen LogP contribution in [0.2, 0.25) is 0 Å². The maximum absolute atomic E-state index is 2.35. The van der Waals surface area contributed by atoms with E-state index in [-0.39, 0.29) is 0 Å². The standard InChI is InChI=1S/C40H24/c1-3-11-27-25(9-1)17-19-35-31(27)21-23-37-30-14-6-8-16-34(30)40-36-20-18-26-10-2-4-12-28(26)32(36)22-24-38(40)29-13-5-7-15-33(29)39(35)37/h1-24H. The third-order valence-corrected chi connectivity index (χ3v) is 8.83. The number of rotatable bonds is 0. The van der Waals surface area contributed by atoms with Crippen LogP contribution in [0.15, 0.2) is 146 Å². The summed E-state index contributed by atoms with van der Waals surface area (Å²) in [4.78, 5) is 0. The molecule has 0 unspecified atom stereocenters. The molecule has 0 atom stereocenters. The van der Waals surface area contributed by atoms with E-state index in [2.05, 4.69) is 146 Å². The maximum Gasteiger partial charge on any atom is -0.00201 e. The molecule has 0 saturated carbocycles. The Kier molecular flexibility index (Phi) is 4.42. The molecule has 0 nitrogen and oxygen atoms in total. The van der Waals surface area contributed by atoms with E-state index < -0.39 is 0 Å². The van der Waals surface area contributed by atoms with Crippen molar-refractivity contribution in [2.45, 2.75) is 0 Å². The Balaban J connectivity index is 1.49. The van der Waals surface area contributed by atoms with Crippen molar-refractivity contribution >= 4 is 43.1 Å². The van der Waals surface area contributed by atoms with Crippen molar-refractivity contribution in [3.63, 3.8) is 0 Å². The third kappa shape index (κ3) is 2.91. The van der Waals surface area contributed by atoms with Crippen LogP contribution in [0.25, 0.3) is 87.6 Å². The normalized spacial score (nSPS) is 12.0. The number of hydrogen-bond acceptors (Lipinski definition) is 0. The van der Waals surface area contributed by atoms with Crippen LogP contribution in [0.4, 0.5) is 0 Å². The van der Waals surface area contributed by atoms with Crippen LogP contribution in [0.3, 0.4) is 0 Å². The van der Waals surface area contributed by atoms with Gasteiger partial charge in [0.25, 0.3) is 0 Å². The van der Waals surface area contributed by atoms with E-state index in [1.54, 1.807) is 0 Å². The van der Waals surface area contributed by atoms with Crippen molar-refractivity contribution < 1.29 is 0 Å². The molecule has 8 aromatic rings. The molecular formula is C40H24. The monoisotopic (exact) mass is 504 g/mol. The number of hydrogen-bond donors (Lipinski definition) is 0. The smallest absolute Gasteiger partial charge is 0.00201 e. The lowest BCUT2D eigenvalue weighted by molar-refractivity contribution is 1.56. The van der Waals surface area contributed by atoms with Crippen LogP contribution in [0.1, 0.15) is 0 Å². The van der Waals surface area contributed by atoms with Crippen molar-refractivity contribution in [1.82, 2.24) is 0 Å². The van der Waals surface area contributed by atoms with Gasteiger partial charge in [0.2, 0.25) is 0 Å². The summed E-state index contributed by atoms with van der Waals surface area (Å²) in [6.07, 6.45) is 0. The fraction of sp³-hybridized carbons (Fsp3) is 0. The van der Waals surface area contributed by atoms with Crippen molar-refractivity contribution in [3.8, 4) is 44.5 Å². The summed E-state index contributed by atoms with van der Waals surface area (Å²) < 4.78 is 0. The maximum atomic E-state index is 2.35. The Morgan fingerprint density at radius 2 is 0.575 bits per heavy atom. The van der Waals surface area contributed by atoms with Gasteiger partial charge in [0.1, 0.15) is 0 Å². The van der Waals surface area contributed by atoms with Gasteiger partial charge in [0, 0.05) is 0 Å². The Bertz CT molecular complexity index is 2150. The largest absolute Gasteiger partial charge is 0.0616 e. The molecule has 1 aliphatic rings. The molecule has 0 bridgehead atoms. The SMILES string of the molecule is c1ccc2c(c1)-c1ccc3c(ccc4ccccc43)c1-c1ccccc1-c1ccc3c(ccc4ccccc43)c1-2. The molecule has 0 heteroatoms. The van der Waals surface area contributed by atoms with E-state index in [1.165, 1.54) is 87.6 Å². The minimum atomic E-state index is 1.28. The highest BCUT2D eigenvalue weighted by Gasteiger charge is 2.25. The summed E-state index contributed by atoms with van der Waals surface area (Å²) in [6.45, 7) is 0. The van der Waals surface area contributed by atoms with Gasteiger partial charge in [0.05, 0.1) is 0 Å². The zero-order valence-corrected chi connectivity index (χ0v) is 21.9. The fourth-order valence-corrected chi connectivity index (χ4v) is 7.08. The summed E-state index contributed by atoms with van der Waals surface area (Å²) in [6, 6.07) is 54.0. The highest BCUT2D eigenvalue weighted by Crippen LogP contribution is 2.52. The van der Waals surface area contributed by atoms with E-state index in [4.69, 9.17) is 0 Å². The first-order valence-corrected chi connectivity index (χ1v) is 14.0. The van der Waals surface area contributed by atoms with Crippen molar-refractivity contribution in [3.05, 3.63) is 146 Å². The van der Waals surface area contributed by atoms with Gasteiger partial charge >= 0.3 is 0 Å². The first-order valence-electron chi connectivity index (χ1n) is 14.0. The van der Waals surface area contributed by atoms with Gasteiger partial charge in [-0.05, 0) is 87.6 Å². The molecule has 8 aromatic carbocycles. The van der Waals surface area contributed by atoms with Crippen molar-refractivity contribution in [2.24, 2.45) is 0 Å². The van der Waals surface area contributed by atoms with E-state index in [1.807, 2.05) is 0 Å². The summed E-state index contributed by atoms with van der Waals surface area (Å²) in [5.74, 6) is 0. The quantitative estimate of drug-likeness (QED) is 0.180. The Labute approximate surface area is 232 Å². The van der Waals surface area contributed by atoms with Gasteiger partial charge in [-0.3, -0.25) is 0 Å². The first kappa shape index (κ1) is 21.7. The Morgan fingerprint density at radius 3 is 1.05 bits per heavy atom. The molecule has 0 heterocycles. The van der Waals surface area contributed by atoms with Gasteiger partial charge in [-0.25, -0.2) is 0 Å². The molecule has 0 amide bonds. The second-order valence-electron chi connectivity index (χ2n) is 10.8. The van der Waals surface area contributed by atoms with E-state index in [0.29, 0.717) is 0 Å². The van der Waals surface area contributed by atoms with Gasteiger partial charge < -0.3 is 0 Å². The van der Waals surface area contributed by atoms with E-state index in [9.17, 15) is 0 Å². The van der Waals surface area contributed by atoms with E-state index >= 15 is 0 Å².